The molecule has 0 aliphatic heterocycles. The molecule has 8 heteroatoms. The Labute approximate surface area is 200 Å². The minimum absolute atomic E-state index is 0.0283. The maximum absolute atomic E-state index is 11.0. The summed E-state index contributed by atoms with van der Waals surface area (Å²) in [5, 5.41) is 37.5. The van der Waals surface area contributed by atoms with E-state index in [9.17, 15) is 19.8 Å². The summed E-state index contributed by atoms with van der Waals surface area (Å²) in [4.78, 5) is 21.5. The first-order valence-corrected chi connectivity index (χ1v) is 12.0. The van der Waals surface area contributed by atoms with E-state index in [0.29, 0.717) is 19.3 Å². The molecule has 0 spiro atoms. The average Bonchev–Trinajstić information content (AvgIpc) is 2.76. The number of carbonyl (C=O) groups is 2. The molecule has 0 aromatic carbocycles. The number of aliphatic hydroxyl groups is 2. The fraction of sp³-hybridized carbons (Fsp3) is 0.440. The van der Waals surface area contributed by atoms with Gasteiger partial charge < -0.3 is 26.2 Å². The lowest BCUT2D eigenvalue weighted by atomic mass is 10.1. The Bertz CT molecular complexity index is 726. The van der Waals surface area contributed by atoms with Crippen LogP contribution in [-0.4, -0.2) is 61.6 Å². The molecule has 33 heavy (non-hydrogen) atoms. The van der Waals surface area contributed by atoms with Crippen LogP contribution in [0.2, 0.25) is 0 Å². The van der Waals surface area contributed by atoms with E-state index < -0.39 is 30.2 Å². The molecule has 7 nitrogen and oxygen atoms in total. The fourth-order valence-corrected chi connectivity index (χ4v) is 3.49. The summed E-state index contributed by atoms with van der Waals surface area (Å²) in [6, 6.07) is -1.03. The van der Waals surface area contributed by atoms with Crippen molar-refractivity contribution in [1.29, 1.82) is 0 Å². The average molecular weight is 480 g/mol. The Morgan fingerprint density at radius 2 is 1.48 bits per heavy atom. The second-order valence-electron chi connectivity index (χ2n) is 7.17. The van der Waals surface area contributed by atoms with E-state index in [4.69, 9.17) is 15.9 Å². The smallest absolute Gasteiger partial charge is 0.321 e. The molecule has 0 radical (unpaired) electrons. The van der Waals surface area contributed by atoms with Crippen LogP contribution in [0.3, 0.4) is 0 Å². The van der Waals surface area contributed by atoms with Crippen molar-refractivity contribution in [2.75, 3.05) is 5.75 Å². The lowest BCUT2D eigenvalue weighted by Gasteiger charge is -2.19. The summed E-state index contributed by atoms with van der Waals surface area (Å²) in [5.74, 6) is -1.83. The fourth-order valence-electron chi connectivity index (χ4n) is 2.38. The molecule has 0 heterocycles. The highest BCUT2D eigenvalue weighted by atomic mass is 32.2. The van der Waals surface area contributed by atoms with Gasteiger partial charge in [-0.3, -0.25) is 9.59 Å². The van der Waals surface area contributed by atoms with Crippen molar-refractivity contribution < 1.29 is 30.0 Å². The quantitative estimate of drug-likeness (QED) is 0.148. The number of aliphatic carboxylic acids is 2. The molecule has 0 fully saturated rings. The van der Waals surface area contributed by atoms with E-state index in [1.807, 2.05) is 19.1 Å². The number of thioether (sulfide) groups is 1. The van der Waals surface area contributed by atoms with Gasteiger partial charge >= 0.3 is 11.9 Å². The van der Waals surface area contributed by atoms with Gasteiger partial charge in [-0.2, -0.15) is 0 Å². The third-order valence-electron chi connectivity index (χ3n) is 4.20. The molecule has 0 saturated carbocycles. The van der Waals surface area contributed by atoms with Gasteiger partial charge in [0.25, 0.3) is 0 Å². The van der Waals surface area contributed by atoms with Crippen molar-refractivity contribution in [2.24, 2.45) is 5.73 Å². The zero-order chi connectivity index (χ0) is 24.9. The lowest BCUT2D eigenvalue weighted by molar-refractivity contribution is -0.138. The van der Waals surface area contributed by atoms with Crippen LogP contribution in [0.4, 0.5) is 0 Å². The molecule has 0 aliphatic carbocycles. The molecule has 0 aromatic heterocycles. The van der Waals surface area contributed by atoms with Crippen molar-refractivity contribution in [1.82, 2.24) is 0 Å². The standard InChI is InChI=1S/C25H37NO6S/c1-2-3-9-14-20(27)15-10-6-4-5-7-12-17-23(33-19-21(26)25(31)32)22(28)16-11-8-13-18-24(29)30/h3-12,15,17,20-23,27-28H,2,13-14,16,18-19,26H2,1H3,(H,29,30)(H,31,32)/b6-4-,7-5?,9-3-,11-8-,15-10+,17-12?/t20-,21-,22+,23-/m0/s1. The van der Waals surface area contributed by atoms with Gasteiger partial charge in [0.05, 0.1) is 12.2 Å². The predicted molar refractivity (Wildman–Crippen MR) is 135 cm³/mol. The van der Waals surface area contributed by atoms with E-state index in [-0.39, 0.29) is 17.4 Å². The molecule has 0 saturated heterocycles. The molecule has 0 aliphatic rings. The van der Waals surface area contributed by atoms with Gasteiger partial charge in [0.1, 0.15) is 6.04 Å². The zero-order valence-corrected chi connectivity index (χ0v) is 19.9. The summed E-state index contributed by atoms with van der Waals surface area (Å²) in [6.45, 7) is 2.04. The van der Waals surface area contributed by atoms with Gasteiger partial charge in [0.2, 0.25) is 0 Å². The van der Waals surface area contributed by atoms with Crippen LogP contribution >= 0.6 is 11.8 Å². The van der Waals surface area contributed by atoms with Crippen LogP contribution in [0.15, 0.2) is 72.9 Å². The molecule has 4 atom stereocenters. The SMILES string of the molecule is CC/C=C\C[C@H](O)/C=C/C=C\C=CC=C[C@H](SC[C@H](N)C(=O)O)[C@H](O)C/C=C\CCC(=O)O. The van der Waals surface area contributed by atoms with Crippen LogP contribution in [0.25, 0.3) is 0 Å². The van der Waals surface area contributed by atoms with E-state index in [1.54, 1.807) is 60.8 Å². The highest BCUT2D eigenvalue weighted by Gasteiger charge is 2.19. The molecular formula is C25H37NO6S. The lowest BCUT2D eigenvalue weighted by Crippen LogP contribution is -2.34. The first-order valence-electron chi connectivity index (χ1n) is 10.9. The molecular weight excluding hydrogens is 442 g/mol. The molecule has 6 N–H and O–H groups in total. The van der Waals surface area contributed by atoms with Gasteiger partial charge in [0.15, 0.2) is 0 Å². The van der Waals surface area contributed by atoms with E-state index in [1.165, 1.54) is 11.8 Å². The monoisotopic (exact) mass is 479 g/mol. The molecule has 0 unspecified atom stereocenters. The number of nitrogens with two attached hydrogens (primary N) is 1. The van der Waals surface area contributed by atoms with Crippen LogP contribution in [0.1, 0.15) is 39.0 Å². The predicted octanol–water partition coefficient (Wildman–Crippen LogP) is 3.61. The summed E-state index contributed by atoms with van der Waals surface area (Å²) in [7, 11) is 0. The first-order chi connectivity index (χ1) is 15.8. The van der Waals surface area contributed by atoms with Crippen molar-refractivity contribution in [2.45, 2.75) is 62.5 Å². The van der Waals surface area contributed by atoms with Gasteiger partial charge in [-0.05, 0) is 25.7 Å². The van der Waals surface area contributed by atoms with E-state index in [0.717, 1.165) is 6.42 Å². The Kier molecular flexibility index (Phi) is 18.8. The maximum atomic E-state index is 11.0. The van der Waals surface area contributed by atoms with E-state index in [2.05, 4.69) is 0 Å². The Morgan fingerprint density at radius 1 is 0.879 bits per heavy atom. The van der Waals surface area contributed by atoms with Crippen LogP contribution in [0, 0.1) is 0 Å². The molecule has 184 valence electrons. The van der Waals surface area contributed by atoms with Gasteiger partial charge in [-0.15, -0.1) is 11.8 Å². The largest absolute Gasteiger partial charge is 0.481 e. The number of aliphatic hydroxyl groups excluding tert-OH is 2. The Hall–Kier alpha value is -2.39. The third-order valence-corrected chi connectivity index (χ3v) is 5.61. The van der Waals surface area contributed by atoms with Crippen molar-refractivity contribution in [3.05, 3.63) is 72.9 Å². The molecule has 0 amide bonds. The maximum Gasteiger partial charge on any atom is 0.321 e. The summed E-state index contributed by atoms with van der Waals surface area (Å²) >= 11 is 1.25. The number of carboxylic acids is 2. The second kappa shape index (κ2) is 20.2. The second-order valence-corrected chi connectivity index (χ2v) is 8.38. The van der Waals surface area contributed by atoms with Crippen molar-refractivity contribution >= 4 is 23.7 Å². The van der Waals surface area contributed by atoms with Crippen LogP contribution in [-0.2, 0) is 9.59 Å². The van der Waals surface area contributed by atoms with Gasteiger partial charge in [0, 0.05) is 17.4 Å². The van der Waals surface area contributed by atoms with Crippen LogP contribution < -0.4 is 5.73 Å². The molecule has 0 aromatic rings. The Morgan fingerprint density at radius 3 is 2.09 bits per heavy atom. The van der Waals surface area contributed by atoms with Gasteiger partial charge in [-0.1, -0.05) is 79.8 Å². The molecule has 0 rings (SSSR count). The number of rotatable bonds is 18. The van der Waals surface area contributed by atoms with Crippen molar-refractivity contribution in [3.8, 4) is 0 Å². The highest BCUT2D eigenvalue weighted by molar-refractivity contribution is 8.00. The summed E-state index contributed by atoms with van der Waals surface area (Å²) in [6.07, 6.45) is 22.6. The highest BCUT2D eigenvalue weighted by Crippen LogP contribution is 2.20. The third kappa shape index (κ3) is 18.8. The summed E-state index contributed by atoms with van der Waals surface area (Å²) < 4.78 is 0. The zero-order valence-electron chi connectivity index (χ0n) is 19.1. The van der Waals surface area contributed by atoms with Gasteiger partial charge in [-0.25, -0.2) is 0 Å². The normalized spacial score (nSPS) is 16.6. The van der Waals surface area contributed by atoms with E-state index >= 15 is 0 Å². The number of allylic oxidation sites excluding steroid dienone is 8. The number of hydrogen-bond donors (Lipinski definition) is 5. The van der Waals surface area contributed by atoms with Crippen molar-refractivity contribution in [3.63, 3.8) is 0 Å². The minimum Gasteiger partial charge on any atom is -0.481 e. The number of hydrogen-bond acceptors (Lipinski definition) is 6. The summed E-state index contributed by atoms with van der Waals surface area (Å²) in [5.41, 5.74) is 5.56. The molecule has 0 bridgehead atoms. The first kappa shape index (κ1) is 30.6. The topological polar surface area (TPSA) is 141 Å². The van der Waals surface area contributed by atoms with Crippen LogP contribution in [0.5, 0.6) is 0 Å². The minimum atomic E-state index is -1.10. The Balaban J connectivity index is 4.75. The number of carboxylic acid groups (broad SMARTS) is 2.